The van der Waals surface area contributed by atoms with Gasteiger partial charge in [-0.05, 0) is 25.8 Å². The second-order valence-corrected chi connectivity index (χ2v) is 5.93. The second kappa shape index (κ2) is 5.63. The predicted octanol–water partition coefficient (Wildman–Crippen LogP) is 3.18. The zero-order valence-electron chi connectivity index (χ0n) is 11.0. The molecule has 102 valence electrons. The third kappa shape index (κ3) is 3.08. The molecule has 0 bridgehead atoms. The van der Waals surface area contributed by atoms with Crippen LogP contribution >= 0.6 is 11.3 Å². The summed E-state index contributed by atoms with van der Waals surface area (Å²) >= 11 is 1.47. The quantitative estimate of drug-likeness (QED) is 0.673. The van der Waals surface area contributed by atoms with Gasteiger partial charge in [0, 0.05) is 17.7 Å². The zero-order chi connectivity index (χ0) is 14.0. The lowest BCUT2D eigenvalue weighted by Crippen LogP contribution is -2.22. The van der Waals surface area contributed by atoms with Crippen molar-refractivity contribution in [3.8, 4) is 0 Å². The van der Waals surface area contributed by atoms with E-state index in [0.29, 0.717) is 12.0 Å². The Morgan fingerprint density at radius 2 is 2.26 bits per heavy atom. The van der Waals surface area contributed by atoms with E-state index in [1.54, 1.807) is 6.07 Å². The topological polar surface area (TPSA) is 82.0 Å². The van der Waals surface area contributed by atoms with E-state index in [4.69, 9.17) is 5.73 Å². The minimum Gasteiger partial charge on any atom is -0.327 e. The molecule has 0 saturated heterocycles. The molecule has 0 spiro atoms. The number of aromatic nitrogens is 1. The Morgan fingerprint density at radius 1 is 1.53 bits per heavy atom. The molecule has 2 N–H and O–H groups in total. The van der Waals surface area contributed by atoms with Crippen molar-refractivity contribution in [1.82, 2.24) is 4.98 Å². The molecule has 0 aliphatic heterocycles. The number of nitro benzene ring substituents is 1. The molecule has 0 saturated carbocycles. The normalized spacial score (nSPS) is 12.8. The van der Waals surface area contributed by atoms with Crippen molar-refractivity contribution in [3.05, 3.63) is 32.8 Å². The lowest BCUT2D eigenvalue weighted by Gasteiger charge is -2.10. The highest BCUT2D eigenvalue weighted by atomic mass is 32.1. The van der Waals surface area contributed by atoms with Crippen molar-refractivity contribution in [2.45, 2.75) is 39.2 Å². The molecule has 2 aromatic rings. The van der Waals surface area contributed by atoms with E-state index in [9.17, 15) is 10.1 Å². The molecule has 0 radical (unpaired) electrons. The number of nitrogens with zero attached hydrogens (tertiary/aromatic N) is 2. The summed E-state index contributed by atoms with van der Waals surface area (Å²) in [6.07, 6.45) is 2.37. The lowest BCUT2D eigenvalue weighted by molar-refractivity contribution is -0.385. The average Bonchev–Trinajstić information content (AvgIpc) is 2.67. The maximum Gasteiger partial charge on any atom is 0.274 e. The average molecular weight is 279 g/mol. The number of hydrogen-bond acceptors (Lipinski definition) is 5. The van der Waals surface area contributed by atoms with Crippen LogP contribution in [0.15, 0.2) is 12.1 Å². The summed E-state index contributed by atoms with van der Waals surface area (Å²) in [4.78, 5) is 15.2. The number of hydrogen-bond donors (Lipinski definition) is 1. The molecule has 0 aliphatic rings. The SMILES string of the molecule is CCCC(N)Cc1cc2nc(C)sc2cc1[N+](=O)[O-]. The molecule has 5 nitrogen and oxygen atoms in total. The molecule has 2 rings (SSSR count). The Hall–Kier alpha value is -1.53. The monoisotopic (exact) mass is 279 g/mol. The summed E-state index contributed by atoms with van der Waals surface area (Å²) in [7, 11) is 0. The van der Waals surface area contributed by atoms with Gasteiger partial charge in [-0.15, -0.1) is 11.3 Å². The van der Waals surface area contributed by atoms with Crippen molar-refractivity contribution < 1.29 is 4.92 Å². The van der Waals surface area contributed by atoms with E-state index in [-0.39, 0.29) is 16.7 Å². The van der Waals surface area contributed by atoms with Crippen molar-refractivity contribution in [2.75, 3.05) is 0 Å². The molecule has 0 aliphatic carbocycles. The molecule has 1 atom stereocenters. The first-order valence-electron chi connectivity index (χ1n) is 6.31. The molecular formula is C13H17N3O2S. The van der Waals surface area contributed by atoms with E-state index in [1.165, 1.54) is 11.3 Å². The fourth-order valence-corrected chi connectivity index (χ4v) is 3.05. The number of fused-ring (bicyclic) bond motifs is 1. The summed E-state index contributed by atoms with van der Waals surface area (Å²) in [6.45, 7) is 3.96. The van der Waals surface area contributed by atoms with E-state index < -0.39 is 0 Å². The van der Waals surface area contributed by atoms with Crippen molar-refractivity contribution in [2.24, 2.45) is 5.73 Å². The van der Waals surface area contributed by atoms with Gasteiger partial charge in [-0.2, -0.15) is 0 Å². The van der Waals surface area contributed by atoms with Gasteiger partial charge in [-0.1, -0.05) is 13.3 Å². The molecular weight excluding hydrogens is 262 g/mol. The minimum absolute atomic E-state index is 0.0408. The van der Waals surface area contributed by atoms with Gasteiger partial charge in [0.25, 0.3) is 5.69 Å². The highest BCUT2D eigenvalue weighted by Crippen LogP contribution is 2.30. The van der Waals surface area contributed by atoms with Gasteiger partial charge in [-0.25, -0.2) is 4.98 Å². The maximum absolute atomic E-state index is 11.2. The van der Waals surface area contributed by atoms with E-state index >= 15 is 0 Å². The standard InChI is InChI=1S/C13H17N3O2S/c1-3-4-10(14)5-9-6-11-13(19-8(2)15-11)7-12(9)16(17)18/h6-7,10H,3-5,14H2,1-2H3. The summed E-state index contributed by atoms with van der Waals surface area (Å²) in [5.41, 5.74) is 7.66. The Balaban J connectivity index is 2.44. The van der Waals surface area contributed by atoms with Crippen LogP contribution in [-0.2, 0) is 6.42 Å². The molecule has 0 amide bonds. The predicted molar refractivity (Wildman–Crippen MR) is 77.6 cm³/mol. The Morgan fingerprint density at radius 3 is 2.89 bits per heavy atom. The third-order valence-corrected chi connectivity index (χ3v) is 3.97. The smallest absolute Gasteiger partial charge is 0.274 e. The fraction of sp³-hybridized carbons (Fsp3) is 0.462. The maximum atomic E-state index is 11.2. The number of nitro groups is 1. The second-order valence-electron chi connectivity index (χ2n) is 4.69. The van der Waals surface area contributed by atoms with Crippen LogP contribution in [0.5, 0.6) is 0 Å². The number of aryl methyl sites for hydroxylation is 1. The van der Waals surface area contributed by atoms with Crippen molar-refractivity contribution in [3.63, 3.8) is 0 Å². The molecule has 1 aromatic heterocycles. The van der Waals surface area contributed by atoms with Gasteiger partial charge < -0.3 is 5.73 Å². The van der Waals surface area contributed by atoms with Crippen LogP contribution in [-0.4, -0.2) is 15.9 Å². The Labute approximate surface area is 115 Å². The summed E-state index contributed by atoms with van der Waals surface area (Å²) in [5.74, 6) is 0. The first kappa shape index (κ1) is 13.9. The van der Waals surface area contributed by atoms with E-state index in [0.717, 1.165) is 28.1 Å². The largest absolute Gasteiger partial charge is 0.327 e. The minimum atomic E-state index is -0.331. The molecule has 1 unspecified atom stereocenters. The molecule has 1 heterocycles. The highest BCUT2D eigenvalue weighted by Gasteiger charge is 2.18. The fourth-order valence-electron chi connectivity index (χ4n) is 2.21. The molecule has 19 heavy (non-hydrogen) atoms. The van der Waals surface area contributed by atoms with Gasteiger partial charge in [0.2, 0.25) is 0 Å². The number of benzene rings is 1. The van der Waals surface area contributed by atoms with Gasteiger partial charge >= 0.3 is 0 Å². The van der Waals surface area contributed by atoms with Crippen LogP contribution in [0.1, 0.15) is 30.3 Å². The van der Waals surface area contributed by atoms with Crippen molar-refractivity contribution in [1.29, 1.82) is 0 Å². The molecule has 0 fully saturated rings. The van der Waals surface area contributed by atoms with Crippen LogP contribution in [0.3, 0.4) is 0 Å². The third-order valence-electron chi connectivity index (χ3n) is 3.03. The Bertz CT molecular complexity index is 609. The summed E-state index contributed by atoms with van der Waals surface area (Å²) in [6, 6.07) is 3.39. The van der Waals surface area contributed by atoms with Crippen LogP contribution in [0.2, 0.25) is 0 Å². The first-order valence-corrected chi connectivity index (χ1v) is 7.13. The van der Waals surface area contributed by atoms with E-state index in [2.05, 4.69) is 11.9 Å². The highest BCUT2D eigenvalue weighted by molar-refractivity contribution is 7.18. The molecule has 1 aromatic carbocycles. The van der Waals surface area contributed by atoms with Gasteiger partial charge in [0.05, 0.1) is 20.1 Å². The van der Waals surface area contributed by atoms with Crippen molar-refractivity contribution >= 4 is 27.2 Å². The number of thiazole rings is 1. The number of rotatable bonds is 5. The van der Waals surface area contributed by atoms with Crippen LogP contribution < -0.4 is 5.73 Å². The van der Waals surface area contributed by atoms with Crippen LogP contribution in [0.4, 0.5) is 5.69 Å². The summed E-state index contributed by atoms with van der Waals surface area (Å²) < 4.78 is 0.858. The van der Waals surface area contributed by atoms with Crippen LogP contribution in [0, 0.1) is 17.0 Å². The number of nitrogens with two attached hydrogens (primary N) is 1. The summed E-state index contributed by atoms with van der Waals surface area (Å²) in [5, 5.41) is 12.1. The van der Waals surface area contributed by atoms with Gasteiger partial charge in [0.1, 0.15) is 0 Å². The van der Waals surface area contributed by atoms with E-state index in [1.807, 2.05) is 13.0 Å². The zero-order valence-corrected chi connectivity index (χ0v) is 11.9. The lowest BCUT2D eigenvalue weighted by atomic mass is 10.0. The molecule has 6 heteroatoms. The first-order chi connectivity index (χ1) is 9.01. The van der Waals surface area contributed by atoms with Gasteiger partial charge in [-0.3, -0.25) is 10.1 Å². The Kier molecular flexibility index (Phi) is 4.11. The van der Waals surface area contributed by atoms with Gasteiger partial charge in [0.15, 0.2) is 0 Å². The van der Waals surface area contributed by atoms with Crippen LogP contribution in [0.25, 0.3) is 10.2 Å².